The average Bonchev–Trinajstić information content (AvgIpc) is 1.50. The predicted molar refractivity (Wildman–Crippen MR) is 372 cm³/mol. The highest BCUT2D eigenvalue weighted by Gasteiger charge is 2.30. The third-order valence-corrected chi connectivity index (χ3v) is 18.9. The number of esters is 4. The van der Waals surface area contributed by atoms with Gasteiger partial charge in [-0.1, -0.05) is 324 Å². The fraction of sp³-hybridized carbons (Fsp3) is 0.945. The molecule has 0 heterocycles. The highest BCUT2D eigenvalue weighted by Crippen LogP contribution is 2.45. The average molecular weight is 1350 g/mol. The van der Waals surface area contributed by atoms with Crippen molar-refractivity contribution < 1.29 is 80.2 Å². The van der Waals surface area contributed by atoms with E-state index in [1.807, 2.05) is 0 Å². The lowest BCUT2D eigenvalue weighted by molar-refractivity contribution is -0.161. The Bertz CT molecular complexity index is 1790. The summed E-state index contributed by atoms with van der Waals surface area (Å²) in [5.74, 6) is -0.672. The number of phosphoric ester groups is 2. The zero-order valence-electron chi connectivity index (χ0n) is 59.9. The van der Waals surface area contributed by atoms with Crippen LogP contribution in [0.1, 0.15) is 375 Å². The van der Waals surface area contributed by atoms with Gasteiger partial charge in [-0.25, -0.2) is 9.13 Å². The van der Waals surface area contributed by atoms with E-state index in [4.69, 9.17) is 37.0 Å². The topological polar surface area (TPSA) is 237 Å². The molecule has 0 saturated carbocycles. The van der Waals surface area contributed by atoms with Crippen LogP contribution >= 0.6 is 15.6 Å². The lowest BCUT2D eigenvalue weighted by Gasteiger charge is -2.21. The molecule has 0 bridgehead atoms. The summed E-state index contributed by atoms with van der Waals surface area (Å²) in [5, 5.41) is 10.6. The fourth-order valence-electron chi connectivity index (χ4n) is 11.1. The maximum atomic E-state index is 13.0. The Morgan fingerprint density at radius 2 is 0.500 bits per heavy atom. The van der Waals surface area contributed by atoms with Gasteiger partial charge < -0.3 is 33.8 Å². The van der Waals surface area contributed by atoms with Crippen LogP contribution in [0.5, 0.6) is 0 Å². The first-order chi connectivity index (χ1) is 44.4. The number of aliphatic hydroxyl groups excluding tert-OH is 1. The maximum absolute atomic E-state index is 13.0. The summed E-state index contributed by atoms with van der Waals surface area (Å²) in [6, 6.07) is 0. The minimum Gasteiger partial charge on any atom is -0.462 e. The van der Waals surface area contributed by atoms with Crippen LogP contribution < -0.4 is 0 Å². The van der Waals surface area contributed by atoms with Crippen molar-refractivity contribution >= 4 is 39.5 Å². The van der Waals surface area contributed by atoms with Crippen LogP contribution in [0, 0.1) is 11.8 Å². The number of unbranched alkanes of at least 4 members (excludes halogenated alkanes) is 42. The summed E-state index contributed by atoms with van der Waals surface area (Å²) in [6.07, 6.45) is 51.5. The second kappa shape index (κ2) is 65.0. The van der Waals surface area contributed by atoms with Gasteiger partial charge in [0.1, 0.15) is 19.3 Å². The first-order valence-corrected chi connectivity index (χ1v) is 41.0. The van der Waals surface area contributed by atoms with Crippen molar-refractivity contribution in [3.05, 3.63) is 0 Å². The van der Waals surface area contributed by atoms with Crippen LogP contribution in [0.3, 0.4) is 0 Å². The van der Waals surface area contributed by atoms with Gasteiger partial charge in [-0.15, -0.1) is 0 Å². The Kier molecular flexibility index (Phi) is 63.7. The van der Waals surface area contributed by atoms with Crippen LogP contribution in [0.4, 0.5) is 0 Å². The molecular weight excluding hydrogens is 1210 g/mol. The molecule has 546 valence electrons. The number of ether oxygens (including phenoxy) is 4. The van der Waals surface area contributed by atoms with Crippen LogP contribution in [-0.4, -0.2) is 96.7 Å². The second-order valence-electron chi connectivity index (χ2n) is 27.3. The molecule has 2 unspecified atom stereocenters. The summed E-state index contributed by atoms with van der Waals surface area (Å²) in [7, 11) is -9.90. The molecule has 0 aromatic carbocycles. The number of carbonyl (C=O) groups excluding carboxylic acids is 4. The molecule has 5 atom stereocenters. The van der Waals surface area contributed by atoms with Crippen LogP contribution in [0.15, 0.2) is 0 Å². The highest BCUT2D eigenvalue weighted by atomic mass is 31.2. The Hall–Kier alpha value is -1.94. The predicted octanol–water partition coefficient (Wildman–Crippen LogP) is 21.2. The lowest BCUT2D eigenvalue weighted by Crippen LogP contribution is -2.30. The smallest absolute Gasteiger partial charge is 0.462 e. The van der Waals surface area contributed by atoms with Gasteiger partial charge >= 0.3 is 39.5 Å². The molecule has 0 radical (unpaired) electrons. The molecule has 0 fully saturated rings. The number of aliphatic hydroxyl groups is 1. The quantitative estimate of drug-likeness (QED) is 0.0222. The van der Waals surface area contributed by atoms with E-state index in [0.717, 1.165) is 102 Å². The van der Waals surface area contributed by atoms with Gasteiger partial charge in [-0.3, -0.25) is 37.3 Å². The molecule has 0 rings (SSSR count). The minimum absolute atomic E-state index is 0.106. The Morgan fingerprint density at radius 3 is 0.739 bits per heavy atom. The van der Waals surface area contributed by atoms with Gasteiger partial charge in [0.05, 0.1) is 26.4 Å². The molecule has 19 heteroatoms. The van der Waals surface area contributed by atoms with Crippen LogP contribution in [0.25, 0.3) is 0 Å². The van der Waals surface area contributed by atoms with E-state index in [0.29, 0.717) is 31.6 Å². The van der Waals surface area contributed by atoms with Gasteiger partial charge in [0, 0.05) is 25.7 Å². The highest BCUT2D eigenvalue weighted by molar-refractivity contribution is 7.47. The van der Waals surface area contributed by atoms with E-state index in [1.165, 1.54) is 186 Å². The number of hydrogen-bond donors (Lipinski definition) is 3. The minimum atomic E-state index is -4.95. The molecule has 0 aliphatic carbocycles. The van der Waals surface area contributed by atoms with Gasteiger partial charge in [-0.2, -0.15) is 0 Å². The molecule has 0 saturated heterocycles. The number of hydrogen-bond acceptors (Lipinski definition) is 15. The summed E-state index contributed by atoms with van der Waals surface area (Å²) < 4.78 is 68.4. The Balaban J connectivity index is 5.21. The van der Waals surface area contributed by atoms with Crippen molar-refractivity contribution in [2.45, 2.75) is 394 Å². The van der Waals surface area contributed by atoms with E-state index in [9.17, 15) is 43.2 Å². The molecule has 0 spiro atoms. The van der Waals surface area contributed by atoms with Crippen LogP contribution in [0.2, 0.25) is 0 Å². The number of rotatable bonds is 72. The molecule has 0 aliphatic rings. The molecule has 0 aliphatic heterocycles. The molecule has 0 aromatic heterocycles. The summed E-state index contributed by atoms with van der Waals surface area (Å²) in [4.78, 5) is 72.6. The van der Waals surface area contributed by atoms with Crippen molar-refractivity contribution in [3.63, 3.8) is 0 Å². The van der Waals surface area contributed by atoms with Crippen molar-refractivity contribution in [3.8, 4) is 0 Å². The lowest BCUT2D eigenvalue weighted by atomic mass is 10.0. The summed E-state index contributed by atoms with van der Waals surface area (Å²) in [6.45, 7) is 9.49. The van der Waals surface area contributed by atoms with Crippen molar-refractivity contribution in [2.75, 3.05) is 39.6 Å². The Labute approximate surface area is 562 Å². The van der Waals surface area contributed by atoms with E-state index in [-0.39, 0.29) is 25.7 Å². The molecule has 0 amide bonds. The molecule has 92 heavy (non-hydrogen) atoms. The molecule has 0 aromatic rings. The van der Waals surface area contributed by atoms with E-state index in [1.54, 1.807) is 0 Å². The third-order valence-electron chi connectivity index (χ3n) is 17.0. The largest absolute Gasteiger partial charge is 0.472 e. The SMILES string of the molecule is CCCCCCCCCCCCCCCCCCCCCC(=O)O[C@H](COC(=O)CCCCCCCCCCCC(C)C)COP(=O)(O)OC[C@@H](O)COP(=O)(O)OC[C@@H](COC(=O)CCCCCCCCCC(C)C)OC(=O)CCCCCCCCCCCCC. The van der Waals surface area contributed by atoms with Crippen molar-refractivity contribution in [2.24, 2.45) is 11.8 Å². The first-order valence-electron chi connectivity index (χ1n) is 38.0. The van der Waals surface area contributed by atoms with Crippen molar-refractivity contribution in [1.29, 1.82) is 0 Å². The summed E-state index contributed by atoms with van der Waals surface area (Å²) in [5.41, 5.74) is 0. The van der Waals surface area contributed by atoms with Crippen molar-refractivity contribution in [1.82, 2.24) is 0 Å². The second-order valence-corrected chi connectivity index (χ2v) is 30.2. The fourth-order valence-corrected chi connectivity index (χ4v) is 12.7. The third kappa shape index (κ3) is 66.7. The van der Waals surface area contributed by atoms with Gasteiger partial charge in [0.25, 0.3) is 0 Å². The van der Waals surface area contributed by atoms with Gasteiger partial charge in [0.15, 0.2) is 12.2 Å². The normalized spacial score (nSPS) is 14.1. The maximum Gasteiger partial charge on any atom is 0.472 e. The van der Waals surface area contributed by atoms with Gasteiger partial charge in [-0.05, 0) is 37.5 Å². The monoisotopic (exact) mass is 1350 g/mol. The van der Waals surface area contributed by atoms with Gasteiger partial charge in [0.2, 0.25) is 0 Å². The van der Waals surface area contributed by atoms with E-state index >= 15 is 0 Å². The zero-order chi connectivity index (χ0) is 67.9. The molecule has 17 nitrogen and oxygen atoms in total. The summed E-state index contributed by atoms with van der Waals surface area (Å²) >= 11 is 0. The van der Waals surface area contributed by atoms with E-state index in [2.05, 4.69) is 41.5 Å². The number of phosphoric acid groups is 2. The number of carbonyl (C=O) groups is 4. The molecular formula is C73H142O17P2. The van der Waals surface area contributed by atoms with E-state index < -0.39 is 97.5 Å². The standard InChI is InChI=1S/C73H142O17P2/c1-7-9-11-13-15-17-19-20-21-22-23-24-25-26-28-32-39-46-52-58-73(78)89-68(61-83-70(75)55-49-43-37-33-29-30-35-41-47-53-65(3)4)63-87-91(79,80)85-59-67(74)60-86-92(81,82)88-64-69(62-84-71(76)56-50-44-40-34-36-42-48-54-66(5)6)90-72(77)57-51-45-38-31-27-18-16-14-12-10-8-2/h65-69,74H,7-64H2,1-6H3,(H,79,80)(H,81,82)/t67-,68-,69-/m1/s1. The van der Waals surface area contributed by atoms with Crippen LogP contribution in [-0.2, 0) is 65.4 Å². The first kappa shape index (κ1) is 90.1. The molecule has 3 N–H and O–H groups in total. The zero-order valence-corrected chi connectivity index (χ0v) is 61.6. The Morgan fingerprint density at radius 1 is 0.293 bits per heavy atom.